The third kappa shape index (κ3) is 13.7. The fraction of sp³-hybridized carbons (Fsp3) is 0.632. The van der Waals surface area contributed by atoms with Gasteiger partial charge >= 0.3 is 25.3 Å². The van der Waals surface area contributed by atoms with Crippen molar-refractivity contribution < 1.29 is 72.3 Å². The zero-order valence-electron chi connectivity index (χ0n) is 47.3. The molecule has 5 bridgehead atoms. The van der Waals surface area contributed by atoms with Crippen molar-refractivity contribution in [3.63, 3.8) is 0 Å². The Hall–Kier alpha value is -5.50. The number of likely N-dealkylation sites (tertiary alicyclic amines) is 1. The van der Waals surface area contributed by atoms with E-state index in [-0.39, 0.29) is 120 Å². The smallest absolute Gasteiger partial charge is 0.335 e. The zero-order chi connectivity index (χ0) is 57.8. The van der Waals surface area contributed by atoms with Gasteiger partial charge in [-0.05, 0) is 68.9 Å². The number of piperidine rings is 1. The van der Waals surface area contributed by atoms with Crippen molar-refractivity contribution in [1.29, 1.82) is 0 Å². The van der Waals surface area contributed by atoms with Gasteiger partial charge in [0.2, 0.25) is 5.78 Å². The monoisotopic (exact) mass is 1110 g/mol. The minimum atomic E-state index is -4.64. The third-order valence-corrected chi connectivity index (χ3v) is 17.8. The van der Waals surface area contributed by atoms with Crippen LogP contribution in [0.4, 0.5) is 0 Å². The average molecular weight is 1110 g/mol. The summed E-state index contributed by atoms with van der Waals surface area (Å²) in [6.45, 7) is 24.1. The second-order valence-electron chi connectivity index (χ2n) is 22.8. The molecule has 21 heteroatoms. The minimum Gasteiger partial charge on any atom is -0.507 e. The molecule has 0 radical (unpaired) electrons. The number of hydrogen-bond donors (Lipinski definition) is 6. The number of unbranched alkanes of at least 4 members (excludes halogenated alkanes) is 1. The van der Waals surface area contributed by atoms with Crippen LogP contribution in [0.15, 0.2) is 52.5 Å². The molecule has 1 aliphatic carbocycles. The number of esters is 2. The highest BCUT2D eigenvalue weighted by Gasteiger charge is 2.54. The standard InChI is InChI=1S/C57H82N5O15P/c1-31(2)28-62-23-20-57(21-24-62)59-46-43-44-50(67)39(10)53-45(43)54(69)56(12,77-53)75-26-19-32(3)35(6)36(7)37(8)49(66)38(9)52(33(4)16-15-17-34(5)55(70)58-48(51(44)68)47(46)60-57)76-42(65)29-61(25-27-74-40(11)64)22-14-13-18-41(30-63)78(71,72)73/h15-17,19,26,30-33,35-38,41,49,52,60,66-67H,13-14,18,20-25,27-29H2,1-12H3,(H,58,70)(H2,71,72,73)/b16-15+,26-19+,34-17-/t32-,33-,35+,36+,37-,38-,41?,49-,52-,56-/m0/s1. The molecule has 5 heterocycles. The van der Waals surface area contributed by atoms with Crippen LogP contribution in [0.5, 0.6) is 11.5 Å². The van der Waals surface area contributed by atoms with Gasteiger partial charge in [-0.1, -0.05) is 80.0 Å². The lowest BCUT2D eigenvalue weighted by atomic mass is 9.72. The van der Waals surface area contributed by atoms with E-state index in [2.05, 4.69) is 29.4 Å². The van der Waals surface area contributed by atoms with Crippen LogP contribution in [-0.2, 0) is 38.0 Å². The number of nitrogens with one attached hydrogen (secondary N) is 2. The Morgan fingerprint density at radius 1 is 0.949 bits per heavy atom. The van der Waals surface area contributed by atoms with Crippen molar-refractivity contribution in [3.8, 4) is 11.5 Å². The van der Waals surface area contributed by atoms with E-state index in [9.17, 15) is 53.3 Å². The van der Waals surface area contributed by atoms with E-state index < -0.39 is 83.9 Å². The molecule has 5 aliphatic heterocycles. The Morgan fingerprint density at radius 2 is 1.63 bits per heavy atom. The summed E-state index contributed by atoms with van der Waals surface area (Å²) in [5.74, 6) is -6.89. The Balaban J connectivity index is 1.36. The van der Waals surface area contributed by atoms with Crippen LogP contribution in [0.2, 0.25) is 0 Å². The van der Waals surface area contributed by atoms with Gasteiger partial charge in [-0.25, -0.2) is 0 Å². The number of ketones is 2. The number of benzene rings is 1. The maximum Gasteiger partial charge on any atom is 0.335 e. The molecule has 7 rings (SSSR count). The number of aromatic hydroxyl groups is 1. The normalized spacial score (nSPS) is 29.6. The van der Waals surface area contributed by atoms with E-state index in [1.165, 1.54) is 20.1 Å². The number of amides is 1. The van der Waals surface area contributed by atoms with Crippen LogP contribution in [0.25, 0.3) is 0 Å². The molecule has 1 spiro atoms. The van der Waals surface area contributed by atoms with Crippen LogP contribution in [0, 0.1) is 48.3 Å². The Kier molecular flexibility index (Phi) is 20.0. The van der Waals surface area contributed by atoms with Gasteiger partial charge in [0.15, 0.2) is 0 Å². The first-order valence-corrected chi connectivity index (χ1v) is 29.0. The lowest BCUT2D eigenvalue weighted by Crippen LogP contribution is -2.50. The van der Waals surface area contributed by atoms with Gasteiger partial charge in [0, 0.05) is 81.4 Å². The molecule has 20 nitrogen and oxygen atoms in total. The average Bonchev–Trinajstić information content (AvgIpc) is 3.97. The molecule has 1 aromatic carbocycles. The first-order valence-electron chi connectivity index (χ1n) is 27.3. The number of fused-ring (bicyclic) bond motifs is 13. The van der Waals surface area contributed by atoms with Crippen LogP contribution in [0.1, 0.15) is 140 Å². The summed E-state index contributed by atoms with van der Waals surface area (Å²) < 4.78 is 35.7. The summed E-state index contributed by atoms with van der Waals surface area (Å²) in [7, 11) is -4.64. The van der Waals surface area contributed by atoms with Gasteiger partial charge in [-0.3, -0.25) is 38.4 Å². The molecule has 430 valence electrons. The van der Waals surface area contributed by atoms with Gasteiger partial charge in [0.25, 0.3) is 11.7 Å². The lowest BCUT2D eigenvalue weighted by molar-refractivity contribution is -0.159. The van der Waals surface area contributed by atoms with E-state index in [0.29, 0.717) is 38.3 Å². The Labute approximate surface area is 458 Å². The van der Waals surface area contributed by atoms with Gasteiger partial charge in [0.05, 0.1) is 41.4 Å². The first-order chi connectivity index (χ1) is 36.5. The van der Waals surface area contributed by atoms with Crippen molar-refractivity contribution in [2.75, 3.05) is 45.9 Å². The topological polar surface area (TPSA) is 280 Å². The lowest BCUT2D eigenvalue weighted by Gasteiger charge is -2.38. The molecule has 1 unspecified atom stereocenters. The molecule has 10 atom stereocenters. The molecule has 1 aromatic rings. The molecule has 78 heavy (non-hydrogen) atoms. The summed E-state index contributed by atoms with van der Waals surface area (Å²) in [6.07, 6.45) is 8.12. The van der Waals surface area contributed by atoms with E-state index in [4.69, 9.17) is 23.9 Å². The third-order valence-electron chi connectivity index (χ3n) is 16.5. The highest BCUT2D eigenvalue weighted by atomic mass is 31.2. The molecule has 6 aliphatic rings. The summed E-state index contributed by atoms with van der Waals surface area (Å²) in [4.78, 5) is 110. The fourth-order valence-corrected chi connectivity index (χ4v) is 11.9. The largest absolute Gasteiger partial charge is 0.507 e. The number of phenolic OH excluding ortho intramolecular Hbond substituents is 1. The van der Waals surface area contributed by atoms with E-state index >= 15 is 0 Å². The number of carbonyl (C=O) groups excluding carboxylic acids is 6. The van der Waals surface area contributed by atoms with Crippen molar-refractivity contribution in [2.45, 2.75) is 145 Å². The summed E-state index contributed by atoms with van der Waals surface area (Å²) >= 11 is 0. The van der Waals surface area contributed by atoms with Gasteiger partial charge < -0.3 is 59.3 Å². The number of phenols is 1. The quantitative estimate of drug-likeness (QED) is 0.0488. The van der Waals surface area contributed by atoms with Crippen molar-refractivity contribution in [1.82, 2.24) is 20.4 Å². The number of aliphatic hydroxyl groups is 1. The van der Waals surface area contributed by atoms with Crippen LogP contribution >= 0.6 is 7.60 Å². The summed E-state index contributed by atoms with van der Waals surface area (Å²) in [6, 6.07) is 0. The van der Waals surface area contributed by atoms with E-state index in [1.54, 1.807) is 43.9 Å². The number of ether oxygens (including phenoxy) is 4. The molecule has 0 aromatic heterocycles. The summed E-state index contributed by atoms with van der Waals surface area (Å²) in [5.41, 5.74) is -1.75. The van der Waals surface area contributed by atoms with Gasteiger partial charge in [-0.2, -0.15) is 0 Å². The molecule has 6 N–H and O–H groups in total. The number of hydrogen-bond acceptors (Lipinski definition) is 17. The number of allylic oxidation sites excluding steroid dienone is 5. The molecule has 0 saturated carbocycles. The number of aliphatic hydroxyl groups excluding tert-OH is 1. The number of aliphatic imine (C=N–C) groups is 1. The Bertz CT molecular complexity index is 2680. The number of aldehydes is 1. The van der Waals surface area contributed by atoms with Crippen LogP contribution < -0.4 is 15.4 Å². The fourth-order valence-electron chi connectivity index (χ4n) is 11.2. The second kappa shape index (κ2) is 25.3. The van der Waals surface area contributed by atoms with Crippen LogP contribution in [0.3, 0.4) is 0 Å². The SMILES string of the molecule is CC(=O)OCCN(CCCCC(C=O)P(=O)(O)O)CC(=O)O[C@@H]1[C@@H](C)[C@@H](O)[C@@H](C)[C@H](C)[C@H](C)[C@@H](C)/C=C/O[C@@]2(C)Oc3c(C)c(O)c4c(c3C2=O)C2=NC3(CCN(CC(C)C)CC3)NC2=C(NC(=O)/C(C)=C\C=C\[C@@H]1C)C4=O. The molecule has 1 amide bonds. The van der Waals surface area contributed by atoms with Crippen molar-refractivity contribution in [2.24, 2.45) is 46.4 Å². The zero-order valence-corrected chi connectivity index (χ0v) is 48.2. The van der Waals surface area contributed by atoms with Crippen molar-refractivity contribution >= 4 is 49.0 Å². The number of rotatable bonds is 15. The molecular formula is C57H82N5O15P. The summed E-state index contributed by atoms with van der Waals surface area (Å²) in [5, 5.41) is 30.5. The minimum absolute atomic E-state index is 0.0443. The maximum absolute atomic E-state index is 14.9. The van der Waals surface area contributed by atoms with E-state index in [0.717, 1.165) is 6.54 Å². The molecule has 1 saturated heterocycles. The van der Waals surface area contributed by atoms with Gasteiger partial charge in [-0.15, -0.1) is 0 Å². The predicted molar refractivity (Wildman–Crippen MR) is 291 cm³/mol. The van der Waals surface area contributed by atoms with Crippen molar-refractivity contribution in [3.05, 3.63) is 69.8 Å². The van der Waals surface area contributed by atoms with Crippen LogP contribution in [-0.4, -0.2) is 146 Å². The second-order valence-corrected chi connectivity index (χ2v) is 24.7. The molecular weight excluding hydrogens is 1030 g/mol. The maximum atomic E-state index is 14.9. The Morgan fingerprint density at radius 3 is 2.26 bits per heavy atom. The van der Waals surface area contributed by atoms with E-state index in [1.807, 2.05) is 40.7 Å². The number of carbonyl (C=O) groups is 6. The van der Waals surface area contributed by atoms with Gasteiger partial charge in [0.1, 0.15) is 47.5 Å². The highest BCUT2D eigenvalue weighted by Crippen LogP contribution is 2.50. The highest BCUT2D eigenvalue weighted by molar-refractivity contribution is 7.53. The predicted octanol–water partition coefficient (Wildman–Crippen LogP) is 6.27. The molecule has 1 fully saturated rings. The number of Topliss-reactive ketones (excluding diaryl/α,β-unsaturated/α-hetero) is 2. The number of nitrogens with zero attached hydrogens (tertiary/aromatic N) is 3. The first kappa shape index (κ1) is 61.7.